The second kappa shape index (κ2) is 7.13. The molecule has 0 unspecified atom stereocenters. The lowest BCUT2D eigenvalue weighted by molar-refractivity contribution is 0.102. The number of benzene rings is 3. The zero-order chi connectivity index (χ0) is 19.6. The second-order valence-corrected chi connectivity index (χ2v) is 6.66. The van der Waals surface area contributed by atoms with Crippen molar-refractivity contribution in [3.8, 4) is 11.5 Å². The fraction of sp³-hybridized carbons (Fsp3) is 0. The Morgan fingerprint density at radius 2 is 1.79 bits per heavy atom. The van der Waals surface area contributed by atoms with E-state index in [-0.39, 0.29) is 5.91 Å². The first-order valence-corrected chi connectivity index (χ1v) is 9.27. The van der Waals surface area contributed by atoms with Crippen LogP contribution in [0.2, 0.25) is 0 Å². The largest absolute Gasteiger partial charge is 0.457 e. The molecule has 0 radical (unpaired) electrons. The molecule has 1 amide bonds. The number of H-pyrrole nitrogens is 1. The minimum atomic E-state index is -0.134. The van der Waals surface area contributed by atoms with E-state index in [0.717, 1.165) is 39.0 Å². The molecule has 0 saturated carbocycles. The van der Waals surface area contributed by atoms with Gasteiger partial charge in [0.15, 0.2) is 0 Å². The van der Waals surface area contributed by atoms with E-state index in [0.29, 0.717) is 5.56 Å². The van der Waals surface area contributed by atoms with Crippen molar-refractivity contribution in [2.45, 2.75) is 0 Å². The van der Waals surface area contributed by atoms with E-state index < -0.39 is 0 Å². The quantitative estimate of drug-likeness (QED) is 0.417. The van der Waals surface area contributed by atoms with E-state index >= 15 is 0 Å². The highest BCUT2D eigenvalue weighted by molar-refractivity contribution is 6.09. The molecular formula is C24H17N3O2. The van der Waals surface area contributed by atoms with Crippen molar-refractivity contribution in [1.82, 2.24) is 9.97 Å². The number of anilines is 1. The van der Waals surface area contributed by atoms with Crippen molar-refractivity contribution >= 4 is 33.4 Å². The summed E-state index contributed by atoms with van der Waals surface area (Å²) in [5, 5.41) is 5.86. The number of fused-ring (bicyclic) bond motifs is 2. The van der Waals surface area contributed by atoms with Gasteiger partial charge in [0.25, 0.3) is 5.91 Å². The number of carbonyl (C=O) groups excluding carboxylic acids is 1. The Labute approximate surface area is 167 Å². The van der Waals surface area contributed by atoms with Crippen LogP contribution in [-0.2, 0) is 0 Å². The van der Waals surface area contributed by atoms with Gasteiger partial charge in [0.05, 0.1) is 5.39 Å². The Morgan fingerprint density at radius 3 is 2.69 bits per heavy atom. The summed E-state index contributed by atoms with van der Waals surface area (Å²) in [4.78, 5) is 19.9. The van der Waals surface area contributed by atoms with Crippen LogP contribution in [0.15, 0.2) is 91.3 Å². The van der Waals surface area contributed by atoms with E-state index in [4.69, 9.17) is 4.74 Å². The normalized spacial score (nSPS) is 10.9. The number of nitrogens with zero attached hydrogens (tertiary/aromatic N) is 1. The molecule has 5 rings (SSSR count). The molecule has 0 aliphatic heterocycles. The zero-order valence-corrected chi connectivity index (χ0v) is 15.4. The third-order valence-electron chi connectivity index (χ3n) is 4.78. The third kappa shape index (κ3) is 3.30. The van der Waals surface area contributed by atoms with E-state index in [1.807, 2.05) is 72.9 Å². The number of ether oxygens (including phenoxy) is 1. The number of hydrogen-bond acceptors (Lipinski definition) is 3. The number of nitrogens with one attached hydrogen (secondary N) is 2. The van der Waals surface area contributed by atoms with Crippen LogP contribution in [0.1, 0.15) is 10.4 Å². The number of aromatic nitrogens is 2. The average Bonchev–Trinajstić information content (AvgIpc) is 3.24. The van der Waals surface area contributed by atoms with Gasteiger partial charge in [-0.1, -0.05) is 30.3 Å². The molecule has 2 heterocycles. The van der Waals surface area contributed by atoms with Gasteiger partial charge in [0.1, 0.15) is 17.1 Å². The average molecular weight is 379 g/mol. The molecule has 0 fully saturated rings. The van der Waals surface area contributed by atoms with Gasteiger partial charge >= 0.3 is 0 Å². The number of rotatable bonds is 4. The zero-order valence-electron chi connectivity index (χ0n) is 15.4. The van der Waals surface area contributed by atoms with Gasteiger partial charge in [-0.15, -0.1) is 0 Å². The molecule has 5 aromatic rings. The molecule has 0 atom stereocenters. The molecule has 0 saturated heterocycles. The lowest BCUT2D eigenvalue weighted by atomic mass is 10.1. The van der Waals surface area contributed by atoms with Crippen LogP contribution in [0, 0.1) is 0 Å². The van der Waals surface area contributed by atoms with E-state index in [2.05, 4.69) is 15.3 Å². The van der Waals surface area contributed by atoms with Crippen molar-refractivity contribution in [2.24, 2.45) is 0 Å². The molecule has 2 N–H and O–H groups in total. The second-order valence-electron chi connectivity index (χ2n) is 6.66. The Morgan fingerprint density at radius 1 is 0.897 bits per heavy atom. The molecule has 0 aliphatic carbocycles. The lowest BCUT2D eigenvalue weighted by Gasteiger charge is -2.11. The van der Waals surface area contributed by atoms with Crippen LogP contribution >= 0.6 is 0 Å². The van der Waals surface area contributed by atoms with Gasteiger partial charge in [0.2, 0.25) is 0 Å². The van der Waals surface area contributed by atoms with Crippen LogP contribution in [0.4, 0.5) is 5.69 Å². The van der Waals surface area contributed by atoms with Crippen LogP contribution in [0.5, 0.6) is 11.5 Å². The Kier molecular flexibility index (Phi) is 4.18. The molecule has 5 nitrogen and oxygen atoms in total. The maximum absolute atomic E-state index is 12.5. The minimum absolute atomic E-state index is 0.134. The summed E-state index contributed by atoms with van der Waals surface area (Å²) in [6.07, 6.45) is 3.55. The Hall–Kier alpha value is -4.12. The standard InChI is InChI=1S/C24H17N3O2/c28-24(16-5-2-1-3-6-16)27-21-8-4-7-17-15-18(9-10-19(17)21)29-22-12-14-26-23-20(22)11-13-25-23/h1-15H,(H,25,26)(H,27,28). The molecule has 3 aromatic carbocycles. The Balaban J connectivity index is 1.46. The number of amides is 1. The molecule has 0 spiro atoms. The summed E-state index contributed by atoms with van der Waals surface area (Å²) in [5.41, 5.74) is 2.17. The summed E-state index contributed by atoms with van der Waals surface area (Å²) < 4.78 is 6.10. The molecule has 29 heavy (non-hydrogen) atoms. The van der Waals surface area contributed by atoms with Crippen LogP contribution in [0.3, 0.4) is 0 Å². The number of carbonyl (C=O) groups is 1. The lowest BCUT2D eigenvalue weighted by Crippen LogP contribution is -2.11. The fourth-order valence-corrected chi connectivity index (χ4v) is 3.37. The molecule has 2 aromatic heterocycles. The number of pyridine rings is 1. The number of hydrogen-bond donors (Lipinski definition) is 2. The predicted molar refractivity (Wildman–Crippen MR) is 115 cm³/mol. The number of aromatic amines is 1. The maximum atomic E-state index is 12.5. The molecule has 5 heteroatoms. The van der Waals surface area contributed by atoms with Gasteiger partial charge in [-0.3, -0.25) is 4.79 Å². The van der Waals surface area contributed by atoms with Crippen LogP contribution in [0.25, 0.3) is 21.8 Å². The first-order chi connectivity index (χ1) is 14.3. The summed E-state index contributed by atoms with van der Waals surface area (Å²) in [5.74, 6) is 1.33. The summed E-state index contributed by atoms with van der Waals surface area (Å²) in [6, 6.07) is 24.6. The topological polar surface area (TPSA) is 67.0 Å². The molecular weight excluding hydrogens is 362 g/mol. The summed E-state index contributed by atoms with van der Waals surface area (Å²) in [6.45, 7) is 0. The van der Waals surface area contributed by atoms with Crippen molar-refractivity contribution in [2.75, 3.05) is 5.32 Å². The van der Waals surface area contributed by atoms with Crippen LogP contribution in [-0.4, -0.2) is 15.9 Å². The highest BCUT2D eigenvalue weighted by atomic mass is 16.5. The van der Waals surface area contributed by atoms with Crippen molar-refractivity contribution in [3.63, 3.8) is 0 Å². The first kappa shape index (κ1) is 17.0. The smallest absolute Gasteiger partial charge is 0.255 e. The van der Waals surface area contributed by atoms with E-state index in [1.165, 1.54) is 0 Å². The summed E-state index contributed by atoms with van der Waals surface area (Å²) in [7, 11) is 0. The molecule has 140 valence electrons. The highest BCUT2D eigenvalue weighted by Gasteiger charge is 2.10. The SMILES string of the molecule is O=C(Nc1cccc2cc(Oc3ccnc4[nH]ccc34)ccc12)c1ccccc1. The van der Waals surface area contributed by atoms with Gasteiger partial charge in [-0.25, -0.2) is 4.98 Å². The van der Waals surface area contributed by atoms with E-state index in [9.17, 15) is 4.79 Å². The van der Waals surface area contributed by atoms with Crippen LogP contribution < -0.4 is 10.1 Å². The van der Waals surface area contributed by atoms with Crippen molar-refractivity contribution in [1.29, 1.82) is 0 Å². The maximum Gasteiger partial charge on any atom is 0.255 e. The van der Waals surface area contributed by atoms with Gasteiger partial charge in [-0.05, 0) is 53.9 Å². The van der Waals surface area contributed by atoms with Gasteiger partial charge in [0, 0.05) is 29.0 Å². The van der Waals surface area contributed by atoms with Crippen molar-refractivity contribution in [3.05, 3.63) is 96.8 Å². The van der Waals surface area contributed by atoms with Gasteiger partial charge in [-0.2, -0.15) is 0 Å². The first-order valence-electron chi connectivity index (χ1n) is 9.27. The molecule has 0 bridgehead atoms. The van der Waals surface area contributed by atoms with E-state index in [1.54, 1.807) is 18.3 Å². The van der Waals surface area contributed by atoms with Gasteiger partial charge < -0.3 is 15.0 Å². The highest BCUT2D eigenvalue weighted by Crippen LogP contribution is 2.32. The monoisotopic (exact) mass is 379 g/mol. The third-order valence-corrected chi connectivity index (χ3v) is 4.78. The summed E-state index contributed by atoms with van der Waals surface area (Å²) >= 11 is 0. The Bertz CT molecular complexity index is 1330. The minimum Gasteiger partial charge on any atom is -0.457 e. The predicted octanol–water partition coefficient (Wildman–Crippen LogP) is 5.76. The van der Waals surface area contributed by atoms with Crippen molar-refractivity contribution < 1.29 is 9.53 Å². The fourth-order valence-electron chi connectivity index (χ4n) is 3.37. The molecule has 0 aliphatic rings.